The Morgan fingerprint density at radius 1 is 1.50 bits per heavy atom. The maximum Gasteiger partial charge on any atom is 0.261 e. The van der Waals surface area contributed by atoms with Gasteiger partial charge in [0.15, 0.2) is 5.82 Å². The van der Waals surface area contributed by atoms with Crippen LogP contribution in [0, 0.1) is 5.92 Å². The first-order valence-corrected chi connectivity index (χ1v) is 6.06. The minimum absolute atomic E-state index is 0.183. The molecule has 0 saturated carbocycles. The monoisotopic (exact) mass is 261 g/mol. The van der Waals surface area contributed by atoms with E-state index in [9.17, 15) is 8.78 Å². The number of nitrogens with zero attached hydrogens (tertiary/aromatic N) is 2. The molecule has 1 aliphatic heterocycles. The van der Waals surface area contributed by atoms with Crippen molar-refractivity contribution in [2.24, 2.45) is 5.92 Å². The number of alkyl halides is 2. The summed E-state index contributed by atoms with van der Waals surface area (Å²) in [4.78, 5) is 4.26. The number of rotatable bonds is 7. The zero-order valence-corrected chi connectivity index (χ0v) is 10.2. The molecular weight excluding hydrogens is 244 g/mol. The molecule has 0 radical (unpaired) electrons. The Hall–Kier alpha value is -1.08. The summed E-state index contributed by atoms with van der Waals surface area (Å²) in [6.45, 7) is 3.63. The van der Waals surface area contributed by atoms with Crippen molar-refractivity contribution >= 4 is 0 Å². The average molecular weight is 261 g/mol. The molecular formula is C11H17F2N3O2. The highest BCUT2D eigenvalue weighted by Crippen LogP contribution is 2.25. The van der Waals surface area contributed by atoms with Crippen LogP contribution in [-0.4, -0.2) is 42.9 Å². The highest BCUT2D eigenvalue weighted by Gasteiger charge is 2.28. The maximum atomic E-state index is 11.8. The van der Waals surface area contributed by atoms with E-state index in [0.29, 0.717) is 24.1 Å². The molecule has 102 valence electrons. The van der Waals surface area contributed by atoms with Gasteiger partial charge in [-0.25, -0.2) is 8.78 Å². The van der Waals surface area contributed by atoms with Gasteiger partial charge in [0, 0.05) is 12.3 Å². The summed E-state index contributed by atoms with van der Waals surface area (Å²) < 4.78 is 33.6. The Balaban J connectivity index is 1.75. The van der Waals surface area contributed by atoms with Gasteiger partial charge in [0.05, 0.1) is 6.61 Å². The number of nitrogens with one attached hydrogen (secondary N) is 1. The van der Waals surface area contributed by atoms with Gasteiger partial charge in [-0.3, -0.25) is 0 Å². The molecule has 7 heteroatoms. The molecule has 0 amide bonds. The molecule has 5 nitrogen and oxygen atoms in total. The largest absolute Gasteiger partial charge is 0.375 e. The van der Waals surface area contributed by atoms with Crippen LogP contribution >= 0.6 is 0 Å². The molecule has 18 heavy (non-hydrogen) atoms. The number of hydrogen-bond donors (Lipinski definition) is 1. The Kier molecular flexibility index (Phi) is 4.60. The Bertz CT molecular complexity index is 369. The summed E-state index contributed by atoms with van der Waals surface area (Å²) in [5.74, 6) is 1.90. The van der Waals surface area contributed by atoms with E-state index in [1.165, 1.54) is 0 Å². The van der Waals surface area contributed by atoms with Crippen molar-refractivity contribution in [2.45, 2.75) is 25.7 Å². The fraction of sp³-hybridized carbons (Fsp3) is 0.818. The Morgan fingerprint density at radius 3 is 2.89 bits per heavy atom. The van der Waals surface area contributed by atoms with Crippen LogP contribution in [0.2, 0.25) is 0 Å². The zero-order valence-electron chi connectivity index (χ0n) is 10.2. The Morgan fingerprint density at radius 2 is 2.28 bits per heavy atom. The molecule has 1 N–H and O–H groups in total. The predicted molar refractivity (Wildman–Crippen MR) is 59.6 cm³/mol. The summed E-state index contributed by atoms with van der Waals surface area (Å²) in [6, 6.07) is 0. The third-order valence-electron chi connectivity index (χ3n) is 3.11. The lowest BCUT2D eigenvalue weighted by atomic mass is 9.89. The van der Waals surface area contributed by atoms with Crippen molar-refractivity contribution in [1.82, 2.24) is 15.5 Å². The van der Waals surface area contributed by atoms with Gasteiger partial charge >= 0.3 is 0 Å². The summed E-state index contributed by atoms with van der Waals surface area (Å²) in [6.07, 6.45) is -2.04. The van der Waals surface area contributed by atoms with Gasteiger partial charge in [-0.15, -0.1) is 0 Å². The van der Waals surface area contributed by atoms with Crippen LogP contribution in [0.3, 0.4) is 0 Å². The first-order valence-electron chi connectivity index (χ1n) is 6.06. The van der Waals surface area contributed by atoms with Crippen LogP contribution in [0.15, 0.2) is 4.52 Å². The minimum atomic E-state index is -2.43. The highest BCUT2D eigenvalue weighted by atomic mass is 19.3. The van der Waals surface area contributed by atoms with Crippen LogP contribution in [0.5, 0.6) is 0 Å². The molecule has 1 saturated heterocycles. The third kappa shape index (κ3) is 3.46. The summed E-state index contributed by atoms with van der Waals surface area (Å²) >= 11 is 0. The van der Waals surface area contributed by atoms with Gasteiger partial charge < -0.3 is 14.6 Å². The van der Waals surface area contributed by atoms with E-state index in [-0.39, 0.29) is 12.5 Å². The lowest BCUT2D eigenvalue weighted by Crippen LogP contribution is -2.44. The fourth-order valence-corrected chi connectivity index (χ4v) is 1.76. The van der Waals surface area contributed by atoms with Crippen molar-refractivity contribution in [1.29, 1.82) is 0 Å². The molecule has 1 unspecified atom stereocenters. The molecule has 1 atom stereocenters. The quantitative estimate of drug-likeness (QED) is 0.748. The fourth-order valence-electron chi connectivity index (χ4n) is 1.76. The topological polar surface area (TPSA) is 60.2 Å². The molecule has 1 aromatic heterocycles. The van der Waals surface area contributed by atoms with Gasteiger partial charge in [-0.1, -0.05) is 12.1 Å². The minimum Gasteiger partial charge on any atom is -0.375 e. The second-order valence-corrected chi connectivity index (χ2v) is 4.47. The molecule has 2 rings (SSSR count). The molecule has 1 aromatic rings. The van der Waals surface area contributed by atoms with E-state index < -0.39 is 13.0 Å². The zero-order chi connectivity index (χ0) is 13.0. The van der Waals surface area contributed by atoms with Gasteiger partial charge in [-0.05, 0) is 19.0 Å². The third-order valence-corrected chi connectivity index (χ3v) is 3.11. The summed E-state index contributed by atoms with van der Waals surface area (Å²) in [5.41, 5.74) is 0. The van der Waals surface area contributed by atoms with Crippen LogP contribution < -0.4 is 5.32 Å². The van der Waals surface area contributed by atoms with Crippen molar-refractivity contribution in [2.75, 3.05) is 26.3 Å². The normalized spacial score (nSPS) is 18.0. The smallest absolute Gasteiger partial charge is 0.261 e. The highest BCUT2D eigenvalue weighted by molar-refractivity contribution is 4.98. The van der Waals surface area contributed by atoms with E-state index >= 15 is 0 Å². The first-order chi connectivity index (χ1) is 8.66. The number of hydrogen-bond acceptors (Lipinski definition) is 5. The van der Waals surface area contributed by atoms with Crippen LogP contribution in [0.4, 0.5) is 8.78 Å². The lowest BCUT2D eigenvalue weighted by molar-refractivity contribution is 0.0182. The van der Waals surface area contributed by atoms with Crippen molar-refractivity contribution < 1.29 is 18.0 Å². The summed E-state index contributed by atoms with van der Waals surface area (Å²) in [7, 11) is 0. The molecule has 1 aliphatic rings. The van der Waals surface area contributed by atoms with Crippen molar-refractivity contribution in [3.8, 4) is 0 Å². The van der Waals surface area contributed by atoms with Gasteiger partial charge in [0.1, 0.15) is 6.61 Å². The second-order valence-electron chi connectivity index (χ2n) is 4.47. The standard InChI is InChI=1S/C11H17F2N3O2/c1-7(8-4-14-5-8)11-15-10(16-18-11)2-3-17-6-9(12)13/h7-9,14H,2-6H2,1H3. The summed E-state index contributed by atoms with van der Waals surface area (Å²) in [5, 5.41) is 7.01. The number of halogens is 2. The maximum absolute atomic E-state index is 11.8. The predicted octanol–water partition coefficient (Wildman–Crippen LogP) is 1.22. The molecule has 1 fully saturated rings. The van der Waals surface area contributed by atoms with Gasteiger partial charge in [-0.2, -0.15) is 4.98 Å². The molecule has 0 aliphatic carbocycles. The Labute approximate surface area is 104 Å². The number of ether oxygens (including phenoxy) is 1. The van der Waals surface area contributed by atoms with Crippen molar-refractivity contribution in [3.63, 3.8) is 0 Å². The van der Waals surface area contributed by atoms with E-state index in [0.717, 1.165) is 13.1 Å². The van der Waals surface area contributed by atoms with Crippen LogP contribution in [0.25, 0.3) is 0 Å². The SMILES string of the molecule is CC(c1nc(CCOCC(F)F)no1)C1CNC1. The van der Waals surface area contributed by atoms with E-state index in [1.807, 2.05) is 0 Å². The van der Waals surface area contributed by atoms with E-state index in [2.05, 4.69) is 22.4 Å². The van der Waals surface area contributed by atoms with Gasteiger partial charge in [0.25, 0.3) is 6.43 Å². The first kappa shape index (κ1) is 13.4. The second kappa shape index (κ2) is 6.19. The van der Waals surface area contributed by atoms with E-state index in [4.69, 9.17) is 9.26 Å². The van der Waals surface area contributed by atoms with Crippen molar-refractivity contribution in [3.05, 3.63) is 11.7 Å². The van der Waals surface area contributed by atoms with Gasteiger partial charge in [0.2, 0.25) is 5.89 Å². The van der Waals surface area contributed by atoms with Crippen LogP contribution in [0.1, 0.15) is 24.6 Å². The average Bonchev–Trinajstić information content (AvgIpc) is 2.70. The number of aromatic nitrogens is 2. The molecule has 0 bridgehead atoms. The van der Waals surface area contributed by atoms with E-state index in [1.54, 1.807) is 0 Å². The molecule has 2 heterocycles. The lowest BCUT2D eigenvalue weighted by Gasteiger charge is -2.30. The molecule has 0 spiro atoms. The molecule has 0 aromatic carbocycles. The van der Waals surface area contributed by atoms with Crippen LogP contribution in [-0.2, 0) is 11.2 Å².